The number of thioether (sulfide) groups is 1. The maximum absolute atomic E-state index is 13.0. The van der Waals surface area contributed by atoms with E-state index >= 15 is 0 Å². The van der Waals surface area contributed by atoms with Crippen LogP contribution >= 0.6 is 23.4 Å². The van der Waals surface area contributed by atoms with Crippen molar-refractivity contribution in [2.24, 2.45) is 0 Å². The lowest BCUT2D eigenvalue weighted by molar-refractivity contribution is 0.0643. The summed E-state index contributed by atoms with van der Waals surface area (Å²) in [5.41, 5.74) is 3.10. The average molecular weight is 480 g/mol. The van der Waals surface area contributed by atoms with Gasteiger partial charge in [0.2, 0.25) is 0 Å². The van der Waals surface area contributed by atoms with Crippen molar-refractivity contribution in [1.82, 2.24) is 14.8 Å². The van der Waals surface area contributed by atoms with Gasteiger partial charge >= 0.3 is 0 Å². The van der Waals surface area contributed by atoms with E-state index < -0.39 is 0 Å². The maximum atomic E-state index is 13.0. The third-order valence-electron chi connectivity index (χ3n) is 6.26. The fourth-order valence-electron chi connectivity index (χ4n) is 4.16. The fraction of sp³-hybridized carbons (Fsp3) is 0.333. The van der Waals surface area contributed by atoms with Gasteiger partial charge in [-0.2, -0.15) is 0 Å². The van der Waals surface area contributed by atoms with Crippen molar-refractivity contribution >= 4 is 29.3 Å². The zero-order valence-corrected chi connectivity index (χ0v) is 20.6. The van der Waals surface area contributed by atoms with Gasteiger partial charge in [0.05, 0.1) is 0 Å². The van der Waals surface area contributed by atoms with Crippen molar-refractivity contribution in [1.29, 1.82) is 0 Å². The SMILES string of the molecule is CN(C(=O)c1ccc(CSc2ccc(Cl)cc2)cc1)C1CCN(CCc2ccccn2)CC1. The van der Waals surface area contributed by atoms with E-state index in [9.17, 15) is 4.79 Å². The molecule has 2 heterocycles. The lowest BCUT2D eigenvalue weighted by Gasteiger charge is -2.36. The van der Waals surface area contributed by atoms with Crippen molar-refractivity contribution in [2.45, 2.75) is 36.0 Å². The summed E-state index contributed by atoms with van der Waals surface area (Å²) in [7, 11) is 1.95. The topological polar surface area (TPSA) is 36.4 Å². The second-order valence-corrected chi connectivity index (χ2v) is 9.98. The molecule has 1 fully saturated rings. The minimum atomic E-state index is 0.110. The number of carbonyl (C=O) groups excluding carboxylic acids is 1. The molecule has 2 aromatic carbocycles. The highest BCUT2D eigenvalue weighted by Gasteiger charge is 2.25. The van der Waals surface area contributed by atoms with Crippen LogP contribution in [0.25, 0.3) is 0 Å². The minimum Gasteiger partial charge on any atom is -0.339 e. The number of rotatable bonds is 8. The second-order valence-electron chi connectivity index (χ2n) is 8.50. The first-order chi connectivity index (χ1) is 16.1. The molecule has 0 N–H and O–H groups in total. The van der Waals surface area contributed by atoms with E-state index in [1.807, 2.05) is 66.7 Å². The van der Waals surface area contributed by atoms with Gasteiger partial charge in [-0.25, -0.2) is 0 Å². The van der Waals surface area contributed by atoms with Gasteiger partial charge in [-0.05, 0) is 66.9 Å². The summed E-state index contributed by atoms with van der Waals surface area (Å²) in [6, 6.07) is 22.3. The number of likely N-dealkylation sites (tertiary alicyclic amines) is 1. The van der Waals surface area contributed by atoms with Gasteiger partial charge in [0.15, 0.2) is 0 Å². The Kier molecular flexibility index (Phi) is 8.43. The molecule has 1 aliphatic heterocycles. The predicted octanol–water partition coefficient (Wildman–Crippen LogP) is 5.81. The predicted molar refractivity (Wildman–Crippen MR) is 137 cm³/mol. The highest BCUT2D eigenvalue weighted by molar-refractivity contribution is 7.98. The molecule has 0 unspecified atom stereocenters. The van der Waals surface area contributed by atoms with Crippen LogP contribution in [0.5, 0.6) is 0 Å². The second kappa shape index (κ2) is 11.7. The van der Waals surface area contributed by atoms with Gasteiger partial charge in [-0.3, -0.25) is 9.78 Å². The molecule has 0 bridgehead atoms. The summed E-state index contributed by atoms with van der Waals surface area (Å²) in [6.07, 6.45) is 4.86. The molecular formula is C27H30ClN3OS. The van der Waals surface area contributed by atoms with Crippen molar-refractivity contribution in [3.05, 3.63) is 94.8 Å². The molecule has 1 aliphatic rings. The molecule has 4 rings (SSSR count). The number of hydrogen-bond acceptors (Lipinski definition) is 4. The number of pyridine rings is 1. The van der Waals surface area contributed by atoms with Crippen molar-refractivity contribution in [3.63, 3.8) is 0 Å². The standard InChI is InChI=1S/C27H30ClN3OS/c1-30(25-14-18-31(19-15-25)17-13-24-4-2-3-16-29-24)27(32)22-7-5-21(6-8-22)20-33-26-11-9-23(28)10-12-26/h2-12,16,25H,13-15,17-20H2,1H3. The first-order valence-corrected chi connectivity index (χ1v) is 12.8. The number of aromatic nitrogens is 1. The van der Waals surface area contributed by atoms with Crippen LogP contribution in [0.1, 0.15) is 34.5 Å². The van der Waals surface area contributed by atoms with Crippen LogP contribution < -0.4 is 0 Å². The van der Waals surface area contributed by atoms with E-state index in [-0.39, 0.29) is 5.91 Å². The van der Waals surface area contributed by atoms with Gasteiger partial charge in [-0.15, -0.1) is 11.8 Å². The zero-order chi connectivity index (χ0) is 23.0. The molecule has 33 heavy (non-hydrogen) atoms. The van der Waals surface area contributed by atoms with E-state index in [0.29, 0.717) is 6.04 Å². The highest BCUT2D eigenvalue weighted by atomic mass is 35.5. The summed E-state index contributed by atoms with van der Waals surface area (Å²) in [5.74, 6) is 0.974. The fourth-order valence-corrected chi connectivity index (χ4v) is 5.14. The Morgan fingerprint density at radius 1 is 1.06 bits per heavy atom. The van der Waals surface area contributed by atoms with Crippen molar-refractivity contribution in [3.8, 4) is 0 Å². The Labute approximate surface area is 206 Å². The number of benzene rings is 2. The Bertz CT molecular complexity index is 1020. The Balaban J connectivity index is 1.23. The normalized spacial score (nSPS) is 14.8. The summed E-state index contributed by atoms with van der Waals surface area (Å²) in [6.45, 7) is 3.07. The molecule has 1 amide bonds. The molecular weight excluding hydrogens is 450 g/mol. The lowest BCUT2D eigenvalue weighted by atomic mass is 10.0. The first-order valence-electron chi connectivity index (χ1n) is 11.5. The summed E-state index contributed by atoms with van der Waals surface area (Å²) in [5, 5.41) is 0.751. The molecule has 172 valence electrons. The molecule has 0 atom stereocenters. The Morgan fingerprint density at radius 3 is 2.45 bits per heavy atom. The summed E-state index contributed by atoms with van der Waals surface area (Å²) >= 11 is 7.72. The van der Waals surface area contributed by atoms with Gasteiger partial charge in [0, 0.05) is 72.3 Å². The quantitative estimate of drug-likeness (QED) is 0.382. The van der Waals surface area contributed by atoms with E-state index in [0.717, 1.165) is 60.9 Å². The van der Waals surface area contributed by atoms with E-state index in [4.69, 9.17) is 11.6 Å². The number of nitrogens with zero attached hydrogens (tertiary/aromatic N) is 3. The third kappa shape index (κ3) is 6.83. The van der Waals surface area contributed by atoms with Crippen molar-refractivity contribution < 1.29 is 4.79 Å². The molecule has 6 heteroatoms. The lowest BCUT2D eigenvalue weighted by Crippen LogP contribution is -2.46. The minimum absolute atomic E-state index is 0.110. The van der Waals surface area contributed by atoms with E-state index in [1.54, 1.807) is 11.8 Å². The molecule has 0 saturated carbocycles. The van der Waals surface area contributed by atoms with Gasteiger partial charge in [-0.1, -0.05) is 29.8 Å². The molecule has 1 saturated heterocycles. The van der Waals surface area contributed by atoms with E-state index in [2.05, 4.69) is 28.1 Å². The van der Waals surface area contributed by atoms with Crippen LogP contribution in [0.4, 0.5) is 0 Å². The largest absolute Gasteiger partial charge is 0.339 e. The van der Waals surface area contributed by atoms with Crippen LogP contribution in [0.15, 0.2) is 77.8 Å². The van der Waals surface area contributed by atoms with E-state index in [1.165, 1.54) is 10.5 Å². The number of halogens is 1. The molecule has 1 aromatic heterocycles. The van der Waals surface area contributed by atoms with Crippen LogP contribution in [-0.2, 0) is 12.2 Å². The number of carbonyl (C=O) groups is 1. The van der Waals surface area contributed by atoms with Crippen molar-refractivity contribution in [2.75, 3.05) is 26.7 Å². The number of piperidine rings is 1. The highest BCUT2D eigenvalue weighted by Crippen LogP contribution is 2.25. The Morgan fingerprint density at radius 2 is 1.79 bits per heavy atom. The van der Waals surface area contributed by atoms with Crippen LogP contribution in [0.3, 0.4) is 0 Å². The summed E-state index contributed by atoms with van der Waals surface area (Å²) < 4.78 is 0. The monoisotopic (exact) mass is 479 g/mol. The molecule has 0 spiro atoms. The molecule has 4 nitrogen and oxygen atoms in total. The van der Waals surface area contributed by atoms with Gasteiger partial charge in [0.1, 0.15) is 0 Å². The maximum Gasteiger partial charge on any atom is 0.253 e. The molecule has 0 radical (unpaired) electrons. The van der Waals surface area contributed by atoms with Crippen LogP contribution in [-0.4, -0.2) is 53.4 Å². The first kappa shape index (κ1) is 23.8. The van der Waals surface area contributed by atoms with Crippen LogP contribution in [0, 0.1) is 0 Å². The average Bonchev–Trinajstić information content (AvgIpc) is 2.87. The van der Waals surface area contributed by atoms with Gasteiger partial charge < -0.3 is 9.80 Å². The third-order valence-corrected chi connectivity index (χ3v) is 7.59. The smallest absolute Gasteiger partial charge is 0.253 e. The number of hydrogen-bond donors (Lipinski definition) is 0. The Hall–Kier alpha value is -2.34. The molecule has 3 aromatic rings. The molecule has 0 aliphatic carbocycles. The van der Waals surface area contributed by atoms with Crippen LogP contribution in [0.2, 0.25) is 5.02 Å². The summed E-state index contributed by atoms with van der Waals surface area (Å²) in [4.78, 5) is 23.1. The zero-order valence-electron chi connectivity index (χ0n) is 19.0. The van der Waals surface area contributed by atoms with Gasteiger partial charge in [0.25, 0.3) is 5.91 Å². The number of amides is 1.